The molecule has 2 aliphatic rings. The molecule has 6 heteroatoms. The minimum Gasteiger partial charge on any atom is -0.409 e. The van der Waals surface area contributed by atoms with E-state index in [4.69, 9.17) is 10.9 Å². The van der Waals surface area contributed by atoms with Gasteiger partial charge in [-0.15, -0.1) is 0 Å². The summed E-state index contributed by atoms with van der Waals surface area (Å²) in [5.74, 6) is -2.90. The summed E-state index contributed by atoms with van der Waals surface area (Å²) in [6, 6.07) is 0. The first-order valence-electron chi connectivity index (χ1n) is 5.09. The molecule has 2 fully saturated rings. The Bertz CT molecular complexity index is 283. The number of rotatable bonds is 2. The number of oxime groups is 1. The zero-order valence-electron chi connectivity index (χ0n) is 8.37. The number of amidine groups is 1. The van der Waals surface area contributed by atoms with Crippen LogP contribution in [0, 0.1) is 11.8 Å². The fraction of sp³-hybridized carbons (Fsp3) is 0.889. The zero-order valence-corrected chi connectivity index (χ0v) is 8.37. The average Bonchev–Trinajstić information content (AvgIpc) is 2.68. The van der Waals surface area contributed by atoms with E-state index in [0.29, 0.717) is 19.5 Å². The molecule has 0 amide bonds. The largest absolute Gasteiger partial charge is 0.409 e. The van der Waals surface area contributed by atoms with E-state index < -0.39 is 11.8 Å². The third-order valence-corrected chi connectivity index (χ3v) is 3.42. The van der Waals surface area contributed by atoms with Gasteiger partial charge in [0.15, 0.2) is 5.84 Å². The molecule has 3 N–H and O–H groups in total. The fourth-order valence-corrected chi connectivity index (χ4v) is 2.68. The van der Waals surface area contributed by atoms with Gasteiger partial charge in [-0.1, -0.05) is 5.16 Å². The first kappa shape index (κ1) is 10.6. The van der Waals surface area contributed by atoms with Crippen LogP contribution in [-0.4, -0.2) is 41.5 Å². The van der Waals surface area contributed by atoms with Crippen molar-refractivity contribution in [2.75, 3.05) is 19.6 Å². The van der Waals surface area contributed by atoms with Gasteiger partial charge in [0.05, 0.1) is 6.54 Å². The van der Waals surface area contributed by atoms with Crippen LogP contribution in [0.4, 0.5) is 8.78 Å². The SMILES string of the molecule is NC(CN1C[C@H]2CCC(F)(F)[C@@H]2C1)=NO. The molecule has 0 radical (unpaired) electrons. The summed E-state index contributed by atoms with van der Waals surface area (Å²) in [6.07, 6.45) is 0.601. The van der Waals surface area contributed by atoms with Crippen LogP contribution in [0.2, 0.25) is 0 Å². The van der Waals surface area contributed by atoms with Crippen LogP contribution >= 0.6 is 0 Å². The molecular formula is C9H15F2N3O. The second-order valence-electron chi connectivity index (χ2n) is 4.45. The second kappa shape index (κ2) is 3.59. The monoisotopic (exact) mass is 219 g/mol. The number of nitrogens with zero attached hydrogens (tertiary/aromatic N) is 2. The lowest BCUT2D eigenvalue weighted by molar-refractivity contribution is -0.0393. The fourth-order valence-electron chi connectivity index (χ4n) is 2.68. The van der Waals surface area contributed by atoms with Crippen molar-refractivity contribution in [2.24, 2.45) is 22.7 Å². The maximum Gasteiger partial charge on any atom is 0.252 e. The molecule has 86 valence electrons. The Labute approximate surface area is 86.7 Å². The highest BCUT2D eigenvalue weighted by atomic mass is 19.3. The van der Waals surface area contributed by atoms with E-state index in [-0.39, 0.29) is 24.7 Å². The molecule has 2 rings (SSSR count). The molecule has 15 heavy (non-hydrogen) atoms. The third kappa shape index (κ3) is 1.90. The highest BCUT2D eigenvalue weighted by molar-refractivity contribution is 5.81. The maximum absolute atomic E-state index is 13.4. The molecule has 0 aromatic heterocycles. The molecule has 0 bridgehead atoms. The lowest BCUT2D eigenvalue weighted by Gasteiger charge is -2.19. The molecule has 1 aliphatic heterocycles. The molecular weight excluding hydrogens is 204 g/mol. The Morgan fingerprint density at radius 3 is 2.87 bits per heavy atom. The van der Waals surface area contributed by atoms with Gasteiger partial charge in [-0.3, -0.25) is 4.90 Å². The quantitative estimate of drug-likeness (QED) is 0.311. The molecule has 0 unspecified atom stereocenters. The Hall–Kier alpha value is -0.910. The summed E-state index contributed by atoms with van der Waals surface area (Å²) < 4.78 is 26.7. The van der Waals surface area contributed by atoms with Gasteiger partial charge in [-0.05, 0) is 12.3 Å². The Morgan fingerprint density at radius 2 is 2.27 bits per heavy atom. The molecule has 1 heterocycles. The standard InChI is InChI=1S/C9H15F2N3O/c10-9(11)2-1-6-3-14(4-7(6)9)5-8(12)13-15/h6-7,15H,1-5H2,(H2,12,13)/t6-,7-/m1/s1. The number of nitrogens with two attached hydrogens (primary N) is 1. The first-order chi connectivity index (χ1) is 7.03. The van der Waals surface area contributed by atoms with Crippen LogP contribution in [0.25, 0.3) is 0 Å². The summed E-state index contributed by atoms with van der Waals surface area (Å²) in [5, 5.41) is 11.2. The van der Waals surface area contributed by atoms with Crippen molar-refractivity contribution in [2.45, 2.75) is 18.8 Å². The number of alkyl halides is 2. The lowest BCUT2D eigenvalue weighted by atomic mass is 9.99. The lowest BCUT2D eigenvalue weighted by Crippen LogP contribution is -2.35. The number of fused-ring (bicyclic) bond motifs is 1. The van der Waals surface area contributed by atoms with Crippen LogP contribution in [0.1, 0.15) is 12.8 Å². The summed E-state index contributed by atoms with van der Waals surface area (Å²) in [5.41, 5.74) is 5.34. The van der Waals surface area contributed by atoms with Crippen molar-refractivity contribution in [3.8, 4) is 0 Å². The van der Waals surface area contributed by atoms with E-state index in [1.54, 1.807) is 0 Å². The van der Waals surface area contributed by atoms with E-state index in [9.17, 15) is 8.78 Å². The van der Waals surface area contributed by atoms with Crippen LogP contribution in [0.3, 0.4) is 0 Å². The topological polar surface area (TPSA) is 61.8 Å². The molecule has 0 aromatic carbocycles. The van der Waals surface area contributed by atoms with Crippen LogP contribution in [0.5, 0.6) is 0 Å². The maximum atomic E-state index is 13.4. The van der Waals surface area contributed by atoms with Gasteiger partial charge in [0.1, 0.15) is 0 Å². The van der Waals surface area contributed by atoms with Gasteiger partial charge in [-0.2, -0.15) is 0 Å². The molecule has 1 aliphatic carbocycles. The van der Waals surface area contributed by atoms with Crippen molar-refractivity contribution in [3.05, 3.63) is 0 Å². The van der Waals surface area contributed by atoms with E-state index in [1.807, 2.05) is 4.90 Å². The zero-order chi connectivity index (χ0) is 11.1. The molecule has 1 saturated heterocycles. The van der Waals surface area contributed by atoms with Gasteiger partial charge in [0.25, 0.3) is 5.92 Å². The smallest absolute Gasteiger partial charge is 0.252 e. The summed E-state index contributed by atoms with van der Waals surface area (Å²) in [7, 11) is 0. The number of hydrogen-bond donors (Lipinski definition) is 2. The summed E-state index contributed by atoms with van der Waals surface area (Å²) >= 11 is 0. The van der Waals surface area contributed by atoms with E-state index in [1.165, 1.54) is 0 Å². The van der Waals surface area contributed by atoms with E-state index in [2.05, 4.69) is 5.16 Å². The summed E-state index contributed by atoms with van der Waals surface area (Å²) in [6.45, 7) is 1.27. The van der Waals surface area contributed by atoms with Gasteiger partial charge < -0.3 is 10.9 Å². The first-order valence-corrected chi connectivity index (χ1v) is 5.09. The van der Waals surface area contributed by atoms with Crippen molar-refractivity contribution >= 4 is 5.84 Å². The molecule has 2 atom stereocenters. The Balaban J connectivity index is 1.96. The highest BCUT2D eigenvalue weighted by Gasteiger charge is 2.53. The minimum atomic E-state index is -2.52. The van der Waals surface area contributed by atoms with Crippen LogP contribution in [0.15, 0.2) is 5.16 Å². The van der Waals surface area contributed by atoms with Gasteiger partial charge in [0.2, 0.25) is 0 Å². The van der Waals surface area contributed by atoms with Gasteiger partial charge >= 0.3 is 0 Å². The highest BCUT2D eigenvalue weighted by Crippen LogP contribution is 2.47. The number of likely N-dealkylation sites (tertiary alicyclic amines) is 1. The Morgan fingerprint density at radius 1 is 1.53 bits per heavy atom. The van der Waals surface area contributed by atoms with E-state index >= 15 is 0 Å². The van der Waals surface area contributed by atoms with Crippen LogP contribution in [-0.2, 0) is 0 Å². The van der Waals surface area contributed by atoms with Crippen LogP contribution < -0.4 is 5.73 Å². The minimum absolute atomic E-state index is 0.0136. The number of halogens is 2. The van der Waals surface area contributed by atoms with Crippen molar-refractivity contribution < 1.29 is 14.0 Å². The normalized spacial score (nSPS) is 35.7. The Kier molecular flexibility index (Phi) is 2.54. The van der Waals surface area contributed by atoms with Crippen molar-refractivity contribution in [3.63, 3.8) is 0 Å². The van der Waals surface area contributed by atoms with Crippen molar-refractivity contribution in [1.82, 2.24) is 4.90 Å². The van der Waals surface area contributed by atoms with Crippen molar-refractivity contribution in [1.29, 1.82) is 0 Å². The average molecular weight is 219 g/mol. The third-order valence-electron chi connectivity index (χ3n) is 3.42. The molecule has 0 aromatic rings. The van der Waals surface area contributed by atoms with E-state index in [0.717, 1.165) is 0 Å². The molecule has 0 spiro atoms. The summed E-state index contributed by atoms with van der Waals surface area (Å²) in [4.78, 5) is 1.83. The predicted molar refractivity (Wildman–Crippen MR) is 51.0 cm³/mol. The molecule has 1 saturated carbocycles. The number of hydrogen-bond acceptors (Lipinski definition) is 3. The van der Waals surface area contributed by atoms with Gasteiger partial charge in [0, 0.05) is 25.4 Å². The molecule has 4 nitrogen and oxygen atoms in total. The van der Waals surface area contributed by atoms with Gasteiger partial charge in [-0.25, -0.2) is 8.78 Å². The second-order valence-corrected chi connectivity index (χ2v) is 4.45. The predicted octanol–water partition coefficient (Wildman–Crippen LogP) is 0.710.